The van der Waals surface area contributed by atoms with Crippen LogP contribution in [0.5, 0.6) is 0 Å². The first-order valence-electron chi connectivity index (χ1n) is 24.7. The Morgan fingerprint density at radius 2 is 1.48 bits per heavy atom. The minimum Gasteiger partial charge on any atom is -0.289 e. The van der Waals surface area contributed by atoms with Gasteiger partial charge in [-0.2, -0.15) is 0 Å². The van der Waals surface area contributed by atoms with Gasteiger partial charge >= 0.3 is 0 Å². The lowest BCUT2D eigenvalue weighted by atomic mass is 9.69. The van der Waals surface area contributed by atoms with E-state index in [1.54, 1.807) is 16.7 Å². The molecule has 10 rings (SSSR count). The zero-order chi connectivity index (χ0) is 41.5. The molecule has 7 atom stereocenters. The minimum absolute atomic E-state index is 0.431. The average Bonchev–Trinajstić information content (AvgIpc) is 3.35. The summed E-state index contributed by atoms with van der Waals surface area (Å²) in [7, 11) is 0. The largest absolute Gasteiger partial charge is 0.289 e. The molecule has 0 saturated heterocycles. The van der Waals surface area contributed by atoms with Crippen LogP contribution >= 0.6 is 0 Å². The first-order valence-corrected chi connectivity index (χ1v) is 24.7. The number of nitrogens with zero attached hydrogens (tertiary/aromatic N) is 3. The highest BCUT2D eigenvalue weighted by molar-refractivity contribution is 6.13. The normalized spacial score (nSPS) is 33.8. The maximum Gasteiger partial charge on any atom is 0.159 e. The van der Waals surface area contributed by atoms with Gasteiger partial charge in [0.05, 0.1) is 5.70 Å². The molecule has 0 radical (unpaired) electrons. The monoisotopic (exact) mass is 818 g/mol. The van der Waals surface area contributed by atoms with Gasteiger partial charge in [0.15, 0.2) is 5.84 Å². The van der Waals surface area contributed by atoms with E-state index in [2.05, 4.69) is 134 Å². The number of allylic oxidation sites excluding steroid dienone is 22. The van der Waals surface area contributed by atoms with Gasteiger partial charge in [-0.3, -0.25) is 4.99 Å². The predicted octanol–water partition coefficient (Wildman–Crippen LogP) is 15.1. The van der Waals surface area contributed by atoms with Crippen molar-refractivity contribution in [1.29, 1.82) is 0 Å². The van der Waals surface area contributed by atoms with Crippen LogP contribution in [0.25, 0.3) is 0 Å². The molecule has 318 valence electrons. The van der Waals surface area contributed by atoms with E-state index < -0.39 is 0 Å². The van der Waals surface area contributed by atoms with Crippen molar-refractivity contribution < 1.29 is 0 Å². The van der Waals surface area contributed by atoms with E-state index in [4.69, 9.17) is 15.0 Å². The second-order valence-corrected chi connectivity index (χ2v) is 19.5. The third-order valence-corrected chi connectivity index (χ3v) is 15.6. The number of benzene rings is 1. The van der Waals surface area contributed by atoms with Crippen LogP contribution in [0.3, 0.4) is 0 Å². The lowest BCUT2D eigenvalue weighted by molar-refractivity contribution is 0.325. The van der Waals surface area contributed by atoms with Gasteiger partial charge in [-0.15, -0.1) is 0 Å². The Kier molecular flexibility index (Phi) is 13.0. The first kappa shape index (κ1) is 41.1. The number of aliphatic imine (C=N–C) groups is 3. The Bertz CT molecular complexity index is 2310. The molecule has 3 heteroatoms. The van der Waals surface area contributed by atoms with Crippen molar-refractivity contribution in [3.8, 4) is 0 Å². The predicted molar refractivity (Wildman–Crippen MR) is 263 cm³/mol. The SMILES string of the molecule is C1=CCCC(C2CN=C(C3=CC(C4CCC=C(/C5=N/C(c6ccc(C7C=CC=CC7)cc6)=N\C(C6=CC=C(C7C=CCCC7)CC6)=C/CC5)C4)CCC3)C(C3C=CC=CC3)C2)=C1. The average molecular weight is 818 g/mol. The van der Waals surface area contributed by atoms with Crippen molar-refractivity contribution in [3.63, 3.8) is 0 Å². The van der Waals surface area contributed by atoms with Gasteiger partial charge in [0.2, 0.25) is 0 Å². The van der Waals surface area contributed by atoms with Gasteiger partial charge in [0.25, 0.3) is 0 Å². The highest BCUT2D eigenvalue weighted by Gasteiger charge is 2.36. The van der Waals surface area contributed by atoms with Crippen LogP contribution in [0, 0.1) is 35.5 Å². The summed E-state index contributed by atoms with van der Waals surface area (Å²) in [5.41, 5.74) is 13.9. The lowest BCUT2D eigenvalue weighted by Crippen LogP contribution is -2.34. The molecule has 0 spiro atoms. The zero-order valence-electron chi connectivity index (χ0n) is 37.0. The van der Waals surface area contributed by atoms with Crippen molar-refractivity contribution in [1.82, 2.24) is 0 Å². The molecule has 0 fully saturated rings. The maximum absolute atomic E-state index is 5.61. The fraction of sp³-hybridized carbons (Fsp3) is 0.441. The van der Waals surface area contributed by atoms with E-state index >= 15 is 0 Å². The van der Waals surface area contributed by atoms with Crippen LogP contribution in [0.4, 0.5) is 0 Å². The second-order valence-electron chi connectivity index (χ2n) is 19.5. The van der Waals surface area contributed by atoms with E-state index in [-0.39, 0.29) is 0 Å². The molecule has 7 unspecified atom stereocenters. The Morgan fingerprint density at radius 3 is 2.27 bits per heavy atom. The zero-order valence-corrected chi connectivity index (χ0v) is 37.0. The first-order chi connectivity index (χ1) is 30.7. The minimum atomic E-state index is 0.431. The van der Waals surface area contributed by atoms with E-state index in [1.807, 2.05) is 0 Å². The van der Waals surface area contributed by atoms with Crippen molar-refractivity contribution >= 4 is 17.3 Å². The Balaban J connectivity index is 0.908. The quantitative estimate of drug-likeness (QED) is 0.223. The molecule has 0 N–H and O–H groups in total. The number of amidine groups is 1. The summed E-state index contributed by atoms with van der Waals surface area (Å²) in [6, 6.07) is 9.18. The molecule has 62 heavy (non-hydrogen) atoms. The van der Waals surface area contributed by atoms with Crippen molar-refractivity contribution in [2.45, 2.75) is 121 Å². The fourth-order valence-corrected chi connectivity index (χ4v) is 12.0. The maximum atomic E-state index is 5.61. The Morgan fingerprint density at radius 1 is 0.565 bits per heavy atom. The van der Waals surface area contributed by atoms with E-state index in [9.17, 15) is 0 Å². The van der Waals surface area contributed by atoms with Crippen LogP contribution in [-0.4, -0.2) is 23.8 Å². The van der Waals surface area contributed by atoms with Gasteiger partial charge in [0, 0.05) is 41.3 Å². The second kappa shape index (κ2) is 19.7. The summed E-state index contributed by atoms with van der Waals surface area (Å²) < 4.78 is 0. The molecule has 1 aromatic carbocycles. The Labute approximate surface area is 372 Å². The van der Waals surface area contributed by atoms with Gasteiger partial charge in [-0.1, -0.05) is 145 Å². The van der Waals surface area contributed by atoms with E-state index in [0.717, 1.165) is 75.0 Å². The summed E-state index contributed by atoms with van der Waals surface area (Å²) >= 11 is 0. The smallest absolute Gasteiger partial charge is 0.159 e. The van der Waals surface area contributed by atoms with E-state index in [0.29, 0.717) is 41.4 Å². The molecule has 9 aliphatic rings. The van der Waals surface area contributed by atoms with Crippen LogP contribution in [-0.2, 0) is 0 Å². The summed E-state index contributed by atoms with van der Waals surface area (Å²) in [5, 5.41) is 0. The molecule has 2 heterocycles. The molecule has 0 bridgehead atoms. The Hall–Kier alpha value is -4.89. The molecule has 0 saturated carbocycles. The standard InChI is InChI=1S/C59H67N3/c1-5-16-42(17-6-1)45-30-34-48(35-31-45)56-28-15-29-57(62-59(61-56)49-36-32-46(33-37-49)43-18-7-2-8-19-43)52-26-13-24-50(38-52)51-25-14-27-53(39-51)58-55(47-22-11-4-12-23-47)40-54(41-60-58)44-20-9-3-10-21-44/h2-5,7-9,11-12,16,18,20,22,26,28,30,32-34,36-37,39,42-43,47,50-51,54-55H,1,6,10,13-15,17,19,21,23-25,27,29,31,35,38,40-41H2/b56-28-,61-59-,62-57+. The third kappa shape index (κ3) is 9.53. The molecular formula is C59H67N3. The van der Waals surface area contributed by atoms with Crippen molar-refractivity contribution in [2.24, 2.45) is 50.5 Å². The summed E-state index contributed by atoms with van der Waals surface area (Å²) in [6.07, 6.45) is 63.7. The fourth-order valence-electron chi connectivity index (χ4n) is 12.0. The highest BCUT2D eigenvalue weighted by Crippen LogP contribution is 2.43. The van der Waals surface area contributed by atoms with Gasteiger partial charge in [-0.25, -0.2) is 9.98 Å². The van der Waals surface area contributed by atoms with Crippen LogP contribution in [0.15, 0.2) is 182 Å². The number of hydrogen-bond donors (Lipinski definition) is 0. The van der Waals surface area contributed by atoms with Crippen LogP contribution < -0.4 is 0 Å². The molecule has 2 aliphatic heterocycles. The van der Waals surface area contributed by atoms with Crippen LogP contribution in [0.2, 0.25) is 0 Å². The highest BCUT2D eigenvalue weighted by atomic mass is 14.9. The van der Waals surface area contributed by atoms with Crippen molar-refractivity contribution in [3.05, 3.63) is 178 Å². The van der Waals surface area contributed by atoms with Crippen molar-refractivity contribution in [2.75, 3.05) is 6.54 Å². The molecule has 7 aliphatic carbocycles. The topological polar surface area (TPSA) is 37.1 Å². The molecule has 1 aromatic rings. The van der Waals surface area contributed by atoms with Gasteiger partial charge in [0.1, 0.15) is 0 Å². The molecule has 0 aromatic heterocycles. The third-order valence-electron chi connectivity index (χ3n) is 15.6. The van der Waals surface area contributed by atoms with Gasteiger partial charge < -0.3 is 0 Å². The summed E-state index contributed by atoms with van der Waals surface area (Å²) in [4.78, 5) is 16.6. The summed E-state index contributed by atoms with van der Waals surface area (Å²) in [6.45, 7) is 0.959. The molecule has 0 amide bonds. The molecule has 3 nitrogen and oxygen atoms in total. The van der Waals surface area contributed by atoms with E-state index in [1.165, 1.54) is 92.3 Å². The number of rotatable bonds is 9. The summed E-state index contributed by atoms with van der Waals surface area (Å²) in [5.74, 6) is 4.80. The lowest BCUT2D eigenvalue weighted by Gasteiger charge is -2.38. The molecular weight excluding hydrogens is 751 g/mol. The van der Waals surface area contributed by atoms with Gasteiger partial charge in [-0.05, 0) is 162 Å². The van der Waals surface area contributed by atoms with Crippen LogP contribution in [0.1, 0.15) is 133 Å². The number of hydrogen-bond acceptors (Lipinski definition) is 3.